The summed E-state index contributed by atoms with van der Waals surface area (Å²) < 4.78 is 25.1. The van der Waals surface area contributed by atoms with Gasteiger partial charge < -0.3 is 24.1 Å². The summed E-state index contributed by atoms with van der Waals surface area (Å²) in [5.74, 6) is 1.61. The number of hydrogen-bond acceptors (Lipinski definition) is 7. The van der Waals surface area contributed by atoms with Crippen LogP contribution in [0.15, 0.2) is 59.6 Å². The van der Waals surface area contributed by atoms with Gasteiger partial charge in [0.1, 0.15) is 23.1 Å². The van der Waals surface area contributed by atoms with Crippen molar-refractivity contribution in [3.05, 3.63) is 54.6 Å². The number of aromatic nitrogens is 2. The predicted octanol–water partition coefficient (Wildman–Crippen LogP) is 6.77. The van der Waals surface area contributed by atoms with E-state index >= 15 is 0 Å². The van der Waals surface area contributed by atoms with Crippen molar-refractivity contribution in [2.24, 2.45) is 11.8 Å². The quantitative estimate of drug-likeness (QED) is 0.162. The molecule has 8 nitrogen and oxygen atoms in total. The van der Waals surface area contributed by atoms with Gasteiger partial charge in [0.25, 0.3) is 0 Å². The average molecular weight is 595 g/mol. The van der Waals surface area contributed by atoms with Crippen molar-refractivity contribution < 1.29 is 28.8 Å². The maximum Gasteiger partial charge on any atom is 0.329 e. The molecular weight excluding hydrogens is 552 g/mol. The molecule has 1 saturated carbocycles. The minimum Gasteiger partial charge on any atom is -0.497 e. The van der Waals surface area contributed by atoms with Crippen LogP contribution in [-0.2, 0) is 25.5 Å². The second-order valence-electron chi connectivity index (χ2n) is 11.1. The Morgan fingerprint density at radius 2 is 1.81 bits per heavy atom. The van der Waals surface area contributed by atoms with Crippen molar-refractivity contribution in [2.75, 3.05) is 39.3 Å². The molecule has 1 saturated heterocycles. The van der Waals surface area contributed by atoms with E-state index in [-0.39, 0.29) is 12.9 Å². The minimum atomic E-state index is -0.912. The van der Waals surface area contributed by atoms with E-state index in [9.17, 15) is 4.79 Å². The van der Waals surface area contributed by atoms with Crippen molar-refractivity contribution >= 4 is 17.7 Å². The van der Waals surface area contributed by atoms with Gasteiger partial charge in [-0.25, -0.2) is 4.79 Å². The van der Waals surface area contributed by atoms with E-state index in [4.69, 9.17) is 29.2 Å². The fourth-order valence-electron chi connectivity index (χ4n) is 5.85. The Morgan fingerprint density at radius 1 is 1.02 bits per heavy atom. The third-order valence-electron chi connectivity index (χ3n) is 8.05. The van der Waals surface area contributed by atoms with Gasteiger partial charge in [-0.3, -0.25) is 4.68 Å². The summed E-state index contributed by atoms with van der Waals surface area (Å²) in [6, 6.07) is 18.6. The van der Waals surface area contributed by atoms with E-state index in [2.05, 4.69) is 41.1 Å². The van der Waals surface area contributed by atoms with Crippen LogP contribution in [0.25, 0.3) is 22.4 Å². The van der Waals surface area contributed by atoms with Gasteiger partial charge in [0.2, 0.25) is 0 Å². The first-order valence-corrected chi connectivity index (χ1v) is 16.1. The summed E-state index contributed by atoms with van der Waals surface area (Å²) in [6.07, 6.45) is 7.34. The number of carbonyl (C=O) groups is 1. The number of hydrogen-bond donors (Lipinski definition) is 1. The van der Waals surface area contributed by atoms with E-state index < -0.39 is 5.97 Å². The molecule has 3 aromatic rings. The molecule has 1 aliphatic heterocycles. The molecular formula is C33H42N2O6S. The Balaban J connectivity index is 1.38. The van der Waals surface area contributed by atoms with Crippen LogP contribution in [0, 0.1) is 11.8 Å². The molecule has 226 valence electrons. The number of aliphatic carboxylic acids is 1. The molecule has 1 aliphatic carbocycles. The average Bonchev–Trinajstić information content (AvgIpc) is 3.38. The molecule has 1 atom stereocenters. The number of carboxylic acid groups (broad SMARTS) is 1. The molecule has 2 aromatic carbocycles. The smallest absolute Gasteiger partial charge is 0.329 e. The van der Waals surface area contributed by atoms with Crippen LogP contribution < -0.4 is 4.74 Å². The molecule has 0 bridgehead atoms. The van der Waals surface area contributed by atoms with Crippen molar-refractivity contribution in [2.45, 2.75) is 62.8 Å². The highest BCUT2D eigenvalue weighted by molar-refractivity contribution is 7.99. The van der Waals surface area contributed by atoms with Crippen molar-refractivity contribution in [3.8, 4) is 28.1 Å². The van der Waals surface area contributed by atoms with Gasteiger partial charge in [-0.15, -0.1) is 11.8 Å². The maximum atomic E-state index is 10.8. The highest BCUT2D eigenvalue weighted by Gasteiger charge is 2.27. The van der Waals surface area contributed by atoms with Crippen LogP contribution in [0.4, 0.5) is 0 Å². The first kappa shape index (κ1) is 30.6. The SMILES string of the molecule is COc1cccc(-c2c(-c3ccccc3)nn(CC3CCC(COCC(=O)O)CC3)c2SCCOC2CCCCO2)c1. The number of ether oxygens (including phenoxy) is 4. The van der Waals surface area contributed by atoms with E-state index in [1.165, 1.54) is 0 Å². The number of nitrogens with zero attached hydrogens (tertiary/aromatic N) is 2. The molecule has 0 spiro atoms. The van der Waals surface area contributed by atoms with Gasteiger partial charge >= 0.3 is 5.97 Å². The molecule has 2 heterocycles. The van der Waals surface area contributed by atoms with Crippen LogP contribution in [0.5, 0.6) is 5.75 Å². The fraction of sp³-hybridized carbons (Fsp3) is 0.515. The molecule has 0 radical (unpaired) electrons. The molecule has 0 amide bonds. The topological polar surface area (TPSA) is 92.0 Å². The van der Waals surface area contributed by atoms with Crippen LogP contribution in [-0.4, -0.2) is 66.4 Å². The third kappa shape index (κ3) is 8.37. The minimum absolute atomic E-state index is 0.100. The van der Waals surface area contributed by atoms with Crippen molar-refractivity contribution in [3.63, 3.8) is 0 Å². The van der Waals surface area contributed by atoms with Crippen molar-refractivity contribution in [1.29, 1.82) is 0 Å². The van der Waals surface area contributed by atoms with Crippen LogP contribution >= 0.6 is 11.8 Å². The number of carboxylic acids is 1. The van der Waals surface area contributed by atoms with E-state index in [1.54, 1.807) is 18.9 Å². The summed E-state index contributed by atoms with van der Waals surface area (Å²) in [5.41, 5.74) is 4.26. The summed E-state index contributed by atoms with van der Waals surface area (Å²) in [7, 11) is 1.70. The van der Waals surface area contributed by atoms with Crippen molar-refractivity contribution in [1.82, 2.24) is 9.78 Å². The Labute approximate surface area is 252 Å². The molecule has 1 unspecified atom stereocenters. The van der Waals surface area contributed by atoms with Gasteiger partial charge in [-0.1, -0.05) is 42.5 Å². The highest BCUT2D eigenvalue weighted by Crippen LogP contribution is 2.42. The summed E-state index contributed by atoms with van der Waals surface area (Å²) in [6.45, 7) is 2.52. The Kier molecular flexibility index (Phi) is 11.3. The van der Waals surface area contributed by atoms with Gasteiger partial charge in [-0.05, 0) is 74.5 Å². The Bertz CT molecular complexity index is 1270. The lowest BCUT2D eigenvalue weighted by Crippen LogP contribution is -2.24. The Morgan fingerprint density at radius 3 is 2.55 bits per heavy atom. The number of methoxy groups -OCH3 is 1. The standard InChI is InChI=1S/C33H42N2O6S/c1-38-28-11-7-10-27(20-28)31-32(26-8-3-2-4-9-26)34-35(33(31)42-19-18-41-30-12-5-6-17-40-30)21-24-13-15-25(16-14-24)22-39-23-29(36)37/h2-4,7-11,20,24-25,30H,5-6,12-19,21-23H2,1H3,(H,36,37). The first-order chi connectivity index (χ1) is 20.6. The zero-order valence-corrected chi connectivity index (χ0v) is 25.2. The van der Waals surface area contributed by atoms with Crippen LogP contribution in [0.1, 0.15) is 44.9 Å². The van der Waals surface area contributed by atoms with Gasteiger partial charge in [0.05, 0.1) is 20.3 Å². The zero-order valence-electron chi connectivity index (χ0n) is 24.4. The lowest BCUT2D eigenvalue weighted by Gasteiger charge is -2.28. The molecule has 1 N–H and O–H groups in total. The summed E-state index contributed by atoms with van der Waals surface area (Å²) >= 11 is 1.79. The predicted molar refractivity (Wildman–Crippen MR) is 164 cm³/mol. The second kappa shape index (κ2) is 15.6. The maximum absolute atomic E-state index is 10.8. The molecule has 1 aromatic heterocycles. The normalized spacial score (nSPS) is 20.8. The summed E-state index contributed by atoms with van der Waals surface area (Å²) in [4.78, 5) is 10.8. The largest absolute Gasteiger partial charge is 0.497 e. The molecule has 5 rings (SSSR count). The molecule has 2 aliphatic rings. The van der Waals surface area contributed by atoms with Gasteiger partial charge in [0.15, 0.2) is 6.29 Å². The second-order valence-corrected chi connectivity index (χ2v) is 12.2. The lowest BCUT2D eigenvalue weighted by atomic mass is 9.82. The highest BCUT2D eigenvalue weighted by atomic mass is 32.2. The van der Waals surface area contributed by atoms with Gasteiger partial charge in [-0.2, -0.15) is 5.10 Å². The number of rotatable bonds is 14. The van der Waals surface area contributed by atoms with Crippen LogP contribution in [0.3, 0.4) is 0 Å². The Hall–Kier alpha value is -2.85. The molecule has 42 heavy (non-hydrogen) atoms. The summed E-state index contributed by atoms with van der Waals surface area (Å²) in [5, 5.41) is 15.3. The zero-order chi connectivity index (χ0) is 29.1. The van der Waals surface area contributed by atoms with E-state index in [0.29, 0.717) is 25.0 Å². The van der Waals surface area contributed by atoms with E-state index in [1.807, 2.05) is 18.2 Å². The first-order valence-electron chi connectivity index (χ1n) is 15.1. The van der Waals surface area contributed by atoms with Gasteiger partial charge in [0, 0.05) is 30.0 Å². The number of thioether (sulfide) groups is 1. The monoisotopic (exact) mass is 594 g/mol. The lowest BCUT2D eigenvalue weighted by molar-refractivity contribution is -0.158. The van der Waals surface area contributed by atoms with E-state index in [0.717, 1.165) is 97.0 Å². The fourth-order valence-corrected chi connectivity index (χ4v) is 6.85. The van der Waals surface area contributed by atoms with Crippen LogP contribution in [0.2, 0.25) is 0 Å². The molecule has 2 fully saturated rings. The molecule has 9 heteroatoms. The third-order valence-corrected chi connectivity index (χ3v) is 9.11. The number of benzene rings is 2.